The molecule has 1 atom stereocenters. The van der Waals surface area contributed by atoms with Gasteiger partial charge in [0.25, 0.3) is 11.8 Å². The van der Waals surface area contributed by atoms with E-state index >= 15 is 0 Å². The Bertz CT molecular complexity index is 921. The highest BCUT2D eigenvalue weighted by Gasteiger charge is 2.46. The van der Waals surface area contributed by atoms with Gasteiger partial charge in [-0.2, -0.15) is 0 Å². The second kappa shape index (κ2) is 8.78. The highest BCUT2D eigenvalue weighted by atomic mass is 19.1. The van der Waals surface area contributed by atoms with Gasteiger partial charge >= 0.3 is 0 Å². The molecule has 0 spiro atoms. The van der Waals surface area contributed by atoms with Crippen molar-refractivity contribution in [1.29, 1.82) is 0 Å². The number of hydrogen-bond donors (Lipinski definition) is 0. The van der Waals surface area contributed by atoms with Crippen LogP contribution in [-0.4, -0.2) is 34.7 Å². The van der Waals surface area contributed by atoms with E-state index in [4.69, 9.17) is 0 Å². The van der Waals surface area contributed by atoms with E-state index in [1.165, 1.54) is 29.2 Å². The normalized spacial score (nSPS) is 20.3. The number of imide groups is 1. The number of carbonyl (C=O) groups excluding carboxylic acids is 3. The lowest BCUT2D eigenvalue weighted by molar-refractivity contribution is -0.123. The van der Waals surface area contributed by atoms with E-state index in [2.05, 4.69) is 0 Å². The van der Waals surface area contributed by atoms with Crippen LogP contribution in [0.3, 0.4) is 0 Å². The van der Waals surface area contributed by atoms with Gasteiger partial charge in [0, 0.05) is 11.6 Å². The predicted molar refractivity (Wildman–Crippen MR) is 111 cm³/mol. The molecule has 1 aliphatic heterocycles. The molecule has 0 N–H and O–H groups in total. The molecular weight excluding hydrogens is 383 g/mol. The van der Waals surface area contributed by atoms with E-state index in [1.54, 1.807) is 29.2 Å². The number of nitrogens with zero attached hydrogens (tertiary/aromatic N) is 2. The van der Waals surface area contributed by atoms with E-state index in [0.717, 1.165) is 38.5 Å². The second-order valence-corrected chi connectivity index (χ2v) is 7.99. The summed E-state index contributed by atoms with van der Waals surface area (Å²) < 4.78 is 13.4. The summed E-state index contributed by atoms with van der Waals surface area (Å²) in [6, 6.07) is 13.2. The molecule has 1 heterocycles. The highest BCUT2D eigenvalue weighted by molar-refractivity contribution is 6.23. The van der Waals surface area contributed by atoms with E-state index < -0.39 is 11.9 Å². The van der Waals surface area contributed by atoms with Gasteiger partial charge in [0.05, 0.1) is 12.1 Å². The van der Waals surface area contributed by atoms with Crippen LogP contribution in [0.5, 0.6) is 0 Å². The first-order valence-corrected chi connectivity index (χ1v) is 10.6. The van der Waals surface area contributed by atoms with Crippen molar-refractivity contribution in [1.82, 2.24) is 4.90 Å². The first kappa shape index (κ1) is 20.3. The summed E-state index contributed by atoms with van der Waals surface area (Å²) in [6.45, 7) is 0. The molecule has 2 aromatic carbocycles. The van der Waals surface area contributed by atoms with Crippen LogP contribution in [0.4, 0.5) is 10.1 Å². The van der Waals surface area contributed by atoms with Crippen molar-refractivity contribution < 1.29 is 18.8 Å². The van der Waals surface area contributed by atoms with Crippen molar-refractivity contribution >= 4 is 23.4 Å². The molecule has 1 saturated carbocycles. The molecule has 2 aromatic rings. The van der Waals surface area contributed by atoms with E-state index in [0.29, 0.717) is 11.3 Å². The monoisotopic (exact) mass is 408 g/mol. The van der Waals surface area contributed by atoms with Gasteiger partial charge < -0.3 is 4.90 Å². The maximum absolute atomic E-state index is 13.5. The molecule has 1 unspecified atom stereocenters. The Morgan fingerprint density at radius 1 is 0.900 bits per heavy atom. The minimum Gasteiger partial charge on any atom is -0.323 e. The second-order valence-electron chi connectivity index (χ2n) is 7.99. The molecular formula is C24H25FN2O3. The fraction of sp³-hybridized carbons (Fsp3) is 0.375. The quantitative estimate of drug-likeness (QED) is 0.559. The highest BCUT2D eigenvalue weighted by Crippen LogP contribution is 2.31. The first-order valence-electron chi connectivity index (χ1n) is 10.6. The third-order valence-electron chi connectivity index (χ3n) is 6.02. The van der Waals surface area contributed by atoms with Crippen LogP contribution < -0.4 is 4.90 Å². The van der Waals surface area contributed by atoms with Crippen LogP contribution in [-0.2, 0) is 9.59 Å². The summed E-state index contributed by atoms with van der Waals surface area (Å²) in [7, 11) is 0. The summed E-state index contributed by atoms with van der Waals surface area (Å²) in [6.07, 6.45) is 5.74. The molecule has 5 nitrogen and oxygen atoms in total. The summed E-state index contributed by atoms with van der Waals surface area (Å²) in [5.41, 5.74) is 0.851. The molecule has 0 bridgehead atoms. The number of carbonyl (C=O) groups is 3. The average Bonchev–Trinajstić information content (AvgIpc) is 2.92. The Morgan fingerprint density at radius 2 is 1.53 bits per heavy atom. The van der Waals surface area contributed by atoms with E-state index in [9.17, 15) is 18.8 Å². The van der Waals surface area contributed by atoms with Gasteiger partial charge in [-0.25, -0.2) is 9.29 Å². The number of hydrogen-bond acceptors (Lipinski definition) is 3. The maximum atomic E-state index is 13.5. The lowest BCUT2D eigenvalue weighted by Gasteiger charge is -2.35. The van der Waals surface area contributed by atoms with Crippen LogP contribution >= 0.6 is 0 Å². The minimum absolute atomic E-state index is 0.0306. The van der Waals surface area contributed by atoms with Crippen LogP contribution in [0.1, 0.15) is 55.3 Å². The topological polar surface area (TPSA) is 57.7 Å². The van der Waals surface area contributed by atoms with Crippen LogP contribution in [0, 0.1) is 5.82 Å². The van der Waals surface area contributed by atoms with Gasteiger partial charge in [-0.1, -0.05) is 43.9 Å². The number of anilines is 1. The zero-order valence-corrected chi connectivity index (χ0v) is 16.8. The van der Waals surface area contributed by atoms with E-state index in [1.807, 2.05) is 6.07 Å². The lowest BCUT2D eigenvalue weighted by Crippen LogP contribution is -2.50. The molecule has 2 aliphatic rings. The third kappa shape index (κ3) is 3.99. The molecule has 3 amide bonds. The number of halogens is 1. The van der Waals surface area contributed by atoms with Crippen molar-refractivity contribution in [2.24, 2.45) is 0 Å². The Balaban J connectivity index is 1.68. The van der Waals surface area contributed by atoms with Gasteiger partial charge in [0.1, 0.15) is 11.9 Å². The van der Waals surface area contributed by atoms with Gasteiger partial charge in [-0.15, -0.1) is 0 Å². The van der Waals surface area contributed by atoms with Gasteiger partial charge in [-0.05, 0) is 49.2 Å². The van der Waals surface area contributed by atoms with Crippen LogP contribution in [0.15, 0.2) is 54.6 Å². The summed E-state index contributed by atoms with van der Waals surface area (Å²) in [4.78, 5) is 42.4. The number of amides is 3. The van der Waals surface area contributed by atoms with Crippen molar-refractivity contribution in [3.05, 3.63) is 66.0 Å². The van der Waals surface area contributed by atoms with E-state index in [-0.39, 0.29) is 30.2 Å². The summed E-state index contributed by atoms with van der Waals surface area (Å²) >= 11 is 0. The molecule has 0 radical (unpaired) electrons. The fourth-order valence-corrected chi connectivity index (χ4v) is 4.52. The van der Waals surface area contributed by atoms with Crippen LogP contribution in [0.25, 0.3) is 0 Å². The first-order chi connectivity index (χ1) is 14.6. The Hall–Kier alpha value is -3.02. The molecule has 156 valence electrons. The lowest BCUT2D eigenvalue weighted by atomic mass is 10.0. The van der Waals surface area contributed by atoms with Crippen molar-refractivity contribution in [2.75, 3.05) is 4.90 Å². The summed E-state index contributed by atoms with van der Waals surface area (Å²) in [5, 5.41) is 0. The third-order valence-corrected chi connectivity index (χ3v) is 6.02. The van der Waals surface area contributed by atoms with Crippen molar-refractivity contribution in [3.63, 3.8) is 0 Å². The molecule has 4 rings (SSSR count). The Morgan fingerprint density at radius 3 is 2.17 bits per heavy atom. The number of rotatable bonds is 4. The minimum atomic E-state index is -0.835. The Kier molecular flexibility index (Phi) is 5.93. The van der Waals surface area contributed by atoms with Gasteiger partial charge in [0.2, 0.25) is 5.91 Å². The zero-order valence-electron chi connectivity index (χ0n) is 16.8. The van der Waals surface area contributed by atoms with Crippen molar-refractivity contribution in [3.8, 4) is 0 Å². The zero-order chi connectivity index (χ0) is 21.1. The number of para-hydroxylation sites is 1. The number of benzene rings is 2. The largest absolute Gasteiger partial charge is 0.323 e. The molecule has 2 fully saturated rings. The summed E-state index contributed by atoms with van der Waals surface area (Å²) in [5.74, 6) is -1.41. The Labute approximate surface area is 175 Å². The predicted octanol–water partition coefficient (Wildman–Crippen LogP) is 4.32. The molecule has 1 aliphatic carbocycles. The van der Waals surface area contributed by atoms with Crippen LogP contribution in [0.2, 0.25) is 0 Å². The molecule has 30 heavy (non-hydrogen) atoms. The fourth-order valence-electron chi connectivity index (χ4n) is 4.52. The SMILES string of the molecule is O=C1CC(N(C(=O)c2ccc(F)cc2)C2CCCCCC2)C(=O)N1c1ccccc1. The van der Waals surface area contributed by atoms with Crippen molar-refractivity contribution in [2.45, 2.75) is 57.0 Å². The molecule has 6 heteroatoms. The molecule has 0 aromatic heterocycles. The van der Waals surface area contributed by atoms with Gasteiger partial charge in [-0.3, -0.25) is 14.4 Å². The average molecular weight is 408 g/mol. The molecule has 1 saturated heterocycles. The standard InChI is InChI=1S/C24H25FN2O3/c25-18-14-12-17(13-15-18)23(29)26(19-8-4-1-2-5-9-19)21-16-22(28)27(24(21)30)20-10-6-3-7-11-20/h3,6-7,10-15,19,21H,1-2,4-5,8-9,16H2. The maximum Gasteiger partial charge on any atom is 0.257 e. The smallest absolute Gasteiger partial charge is 0.257 e. The van der Waals surface area contributed by atoms with Gasteiger partial charge in [0.15, 0.2) is 0 Å².